The van der Waals surface area contributed by atoms with E-state index in [1.165, 1.54) is 11.0 Å². The van der Waals surface area contributed by atoms with Crippen LogP contribution in [0.25, 0.3) is 10.9 Å². The van der Waals surface area contributed by atoms with Gasteiger partial charge in [0.15, 0.2) is 0 Å². The van der Waals surface area contributed by atoms with Crippen LogP contribution >= 0.6 is 0 Å². The van der Waals surface area contributed by atoms with Gasteiger partial charge >= 0.3 is 6.09 Å². The Morgan fingerprint density at radius 2 is 1.87 bits per heavy atom. The van der Waals surface area contributed by atoms with E-state index in [0.717, 1.165) is 32.1 Å². The Labute approximate surface area is 174 Å². The summed E-state index contributed by atoms with van der Waals surface area (Å²) < 4.78 is 16.6. The summed E-state index contributed by atoms with van der Waals surface area (Å²) in [6, 6.07) is 4.48. The highest BCUT2D eigenvalue weighted by molar-refractivity contribution is 6.07. The van der Waals surface area contributed by atoms with Crippen molar-refractivity contribution in [3.05, 3.63) is 35.8 Å². The van der Waals surface area contributed by atoms with E-state index in [2.05, 4.69) is 5.32 Å². The molecule has 2 unspecified atom stereocenters. The average Bonchev–Trinajstić information content (AvgIpc) is 3.10. The van der Waals surface area contributed by atoms with E-state index in [9.17, 15) is 19.1 Å². The lowest BCUT2D eigenvalue weighted by Gasteiger charge is -2.30. The number of amides is 2. The van der Waals surface area contributed by atoms with Crippen molar-refractivity contribution in [3.8, 4) is 0 Å². The van der Waals surface area contributed by atoms with Gasteiger partial charge in [0.05, 0.1) is 23.2 Å². The number of aromatic nitrogens is 1. The normalized spacial score (nSPS) is 22.9. The Kier molecular flexibility index (Phi) is 5.94. The van der Waals surface area contributed by atoms with Crippen LogP contribution in [-0.4, -0.2) is 56.9 Å². The molecule has 1 aliphatic carbocycles. The third-order valence-corrected chi connectivity index (χ3v) is 6.49. The SMILES string of the molecule is O=C(NC1CCCCC1O)c1cn(CC2CCN(C(=O)O)CC2)c2cccc(F)c12. The number of hydrogen-bond donors (Lipinski definition) is 3. The second kappa shape index (κ2) is 8.63. The molecule has 0 radical (unpaired) electrons. The van der Waals surface area contributed by atoms with Crippen molar-refractivity contribution in [1.29, 1.82) is 0 Å². The van der Waals surface area contributed by atoms with Crippen molar-refractivity contribution < 1.29 is 24.2 Å². The van der Waals surface area contributed by atoms with E-state index >= 15 is 0 Å². The van der Waals surface area contributed by atoms with Gasteiger partial charge in [-0.3, -0.25) is 4.79 Å². The molecular weight excluding hydrogens is 389 g/mol. The summed E-state index contributed by atoms with van der Waals surface area (Å²) in [5, 5.41) is 22.5. The Hall–Kier alpha value is -2.61. The van der Waals surface area contributed by atoms with Crippen molar-refractivity contribution >= 4 is 22.9 Å². The first-order chi connectivity index (χ1) is 14.4. The molecule has 1 aromatic carbocycles. The zero-order valence-electron chi connectivity index (χ0n) is 16.9. The van der Waals surface area contributed by atoms with Gasteiger partial charge in [-0.25, -0.2) is 9.18 Å². The molecule has 30 heavy (non-hydrogen) atoms. The summed E-state index contributed by atoms with van der Waals surface area (Å²) >= 11 is 0. The van der Waals surface area contributed by atoms with Gasteiger partial charge in [0, 0.05) is 31.2 Å². The van der Waals surface area contributed by atoms with Crippen LogP contribution in [0.15, 0.2) is 24.4 Å². The van der Waals surface area contributed by atoms with Crippen molar-refractivity contribution in [3.63, 3.8) is 0 Å². The van der Waals surface area contributed by atoms with E-state index in [-0.39, 0.29) is 23.4 Å². The monoisotopic (exact) mass is 417 g/mol. The summed E-state index contributed by atoms with van der Waals surface area (Å²) in [7, 11) is 0. The molecule has 162 valence electrons. The van der Waals surface area contributed by atoms with Gasteiger partial charge in [-0.1, -0.05) is 18.9 Å². The molecule has 2 aliphatic rings. The van der Waals surface area contributed by atoms with Gasteiger partial charge in [-0.15, -0.1) is 0 Å². The van der Waals surface area contributed by atoms with Gasteiger partial charge in [-0.2, -0.15) is 0 Å². The van der Waals surface area contributed by atoms with Crippen LogP contribution in [0.1, 0.15) is 48.9 Å². The molecule has 2 fully saturated rings. The summed E-state index contributed by atoms with van der Waals surface area (Å²) in [4.78, 5) is 25.5. The fraction of sp³-hybridized carbons (Fsp3) is 0.545. The first-order valence-electron chi connectivity index (χ1n) is 10.7. The lowest BCUT2D eigenvalue weighted by molar-refractivity contribution is 0.0718. The Balaban J connectivity index is 1.56. The standard InChI is InChI=1S/C22H28FN3O4/c23-16-4-3-6-18-20(16)15(21(28)24-17-5-1-2-7-19(17)27)13-26(18)12-14-8-10-25(11-9-14)22(29)30/h3-4,6,13-14,17,19,27H,1-2,5,7-12H2,(H,24,28)(H,29,30). The maximum absolute atomic E-state index is 14.7. The van der Waals surface area contributed by atoms with Crippen LogP contribution in [0.3, 0.4) is 0 Å². The fourth-order valence-electron chi connectivity index (χ4n) is 4.74. The van der Waals surface area contributed by atoms with E-state index in [1.54, 1.807) is 18.3 Å². The number of carbonyl (C=O) groups is 2. The molecule has 0 spiro atoms. The molecule has 2 amide bonds. The van der Waals surface area contributed by atoms with Crippen LogP contribution in [-0.2, 0) is 6.54 Å². The minimum atomic E-state index is -0.897. The lowest BCUT2D eigenvalue weighted by atomic mass is 9.92. The highest BCUT2D eigenvalue weighted by Crippen LogP contribution is 2.28. The van der Waals surface area contributed by atoms with E-state index in [1.807, 2.05) is 4.57 Å². The van der Waals surface area contributed by atoms with E-state index < -0.39 is 18.0 Å². The number of nitrogens with one attached hydrogen (secondary N) is 1. The van der Waals surface area contributed by atoms with Crippen molar-refractivity contribution in [2.75, 3.05) is 13.1 Å². The number of fused-ring (bicyclic) bond motifs is 1. The summed E-state index contributed by atoms with van der Waals surface area (Å²) in [6.07, 6.45) is 4.98. The Morgan fingerprint density at radius 3 is 2.57 bits per heavy atom. The molecule has 0 bridgehead atoms. The zero-order valence-corrected chi connectivity index (χ0v) is 16.9. The molecule has 1 saturated carbocycles. The van der Waals surface area contributed by atoms with Crippen molar-refractivity contribution in [2.45, 2.75) is 57.2 Å². The predicted octanol–water partition coefficient (Wildman–Crippen LogP) is 3.20. The topological polar surface area (TPSA) is 94.8 Å². The van der Waals surface area contributed by atoms with Crippen LogP contribution in [0.2, 0.25) is 0 Å². The molecule has 1 saturated heterocycles. The smallest absolute Gasteiger partial charge is 0.407 e. The third kappa shape index (κ3) is 4.14. The molecule has 2 aromatic rings. The summed E-state index contributed by atoms with van der Waals surface area (Å²) in [5.74, 6) is -0.549. The number of halogens is 1. The Bertz CT molecular complexity index is 936. The summed E-state index contributed by atoms with van der Waals surface area (Å²) in [6.45, 7) is 1.58. The number of benzene rings is 1. The third-order valence-electron chi connectivity index (χ3n) is 6.49. The maximum Gasteiger partial charge on any atom is 0.407 e. The number of piperidine rings is 1. The quantitative estimate of drug-likeness (QED) is 0.712. The number of rotatable bonds is 4. The Morgan fingerprint density at radius 1 is 1.13 bits per heavy atom. The predicted molar refractivity (Wildman–Crippen MR) is 110 cm³/mol. The number of aliphatic hydroxyl groups excluding tert-OH is 1. The first-order valence-corrected chi connectivity index (χ1v) is 10.7. The van der Waals surface area contributed by atoms with Gasteiger partial charge in [0.2, 0.25) is 0 Å². The van der Waals surface area contributed by atoms with E-state index in [0.29, 0.717) is 37.0 Å². The fourth-order valence-corrected chi connectivity index (χ4v) is 4.74. The molecular formula is C22H28FN3O4. The van der Waals surface area contributed by atoms with Gasteiger partial charge in [0.1, 0.15) is 5.82 Å². The zero-order chi connectivity index (χ0) is 21.3. The average molecular weight is 417 g/mol. The van der Waals surface area contributed by atoms with Gasteiger partial charge in [0.25, 0.3) is 5.91 Å². The number of nitrogens with zero attached hydrogens (tertiary/aromatic N) is 2. The van der Waals surface area contributed by atoms with Crippen LogP contribution < -0.4 is 5.32 Å². The second-order valence-electron chi connectivity index (χ2n) is 8.47. The van der Waals surface area contributed by atoms with Crippen LogP contribution in [0, 0.1) is 11.7 Å². The minimum absolute atomic E-state index is 0.260. The summed E-state index contributed by atoms with van der Waals surface area (Å²) in [5.41, 5.74) is 0.939. The molecule has 3 N–H and O–H groups in total. The van der Waals surface area contributed by atoms with Crippen LogP contribution in [0.5, 0.6) is 0 Å². The number of aliphatic hydroxyl groups is 1. The number of hydrogen-bond acceptors (Lipinski definition) is 3. The molecule has 7 nitrogen and oxygen atoms in total. The highest BCUT2D eigenvalue weighted by atomic mass is 19.1. The molecule has 8 heteroatoms. The lowest BCUT2D eigenvalue weighted by Crippen LogP contribution is -2.45. The number of likely N-dealkylation sites (tertiary alicyclic amines) is 1. The first kappa shape index (κ1) is 20.7. The molecule has 2 atom stereocenters. The van der Waals surface area contributed by atoms with E-state index in [4.69, 9.17) is 5.11 Å². The minimum Gasteiger partial charge on any atom is -0.465 e. The molecule has 4 rings (SSSR count). The maximum atomic E-state index is 14.7. The molecule has 2 heterocycles. The highest BCUT2D eigenvalue weighted by Gasteiger charge is 2.28. The number of carbonyl (C=O) groups excluding carboxylic acids is 1. The van der Waals surface area contributed by atoms with Crippen LogP contribution in [0.4, 0.5) is 9.18 Å². The van der Waals surface area contributed by atoms with Crippen molar-refractivity contribution in [1.82, 2.24) is 14.8 Å². The second-order valence-corrected chi connectivity index (χ2v) is 8.47. The van der Waals surface area contributed by atoms with Gasteiger partial charge in [-0.05, 0) is 43.7 Å². The number of carboxylic acid groups (broad SMARTS) is 1. The molecule has 1 aromatic heterocycles. The largest absolute Gasteiger partial charge is 0.465 e. The molecule has 1 aliphatic heterocycles. The van der Waals surface area contributed by atoms with Gasteiger partial charge < -0.3 is 25.0 Å². The van der Waals surface area contributed by atoms with Crippen molar-refractivity contribution in [2.24, 2.45) is 5.92 Å².